The van der Waals surface area contributed by atoms with E-state index in [0.717, 1.165) is 19.4 Å². The first kappa shape index (κ1) is 16.0. The zero-order valence-corrected chi connectivity index (χ0v) is 12.5. The molecule has 0 radical (unpaired) electrons. The van der Waals surface area contributed by atoms with Gasteiger partial charge < -0.3 is 15.0 Å². The van der Waals surface area contributed by atoms with Crippen LogP contribution in [-0.2, 0) is 14.3 Å². The topological polar surface area (TPSA) is 58.6 Å². The number of nitrogens with one attached hydrogen (secondary N) is 1. The molecular formula is C14H26N2O3. The summed E-state index contributed by atoms with van der Waals surface area (Å²) in [6.45, 7) is 9.18. The monoisotopic (exact) mass is 270 g/mol. The molecule has 19 heavy (non-hydrogen) atoms. The predicted molar refractivity (Wildman–Crippen MR) is 73.7 cm³/mol. The van der Waals surface area contributed by atoms with Crippen LogP contribution in [0.25, 0.3) is 0 Å². The third-order valence-electron chi connectivity index (χ3n) is 3.48. The lowest BCUT2D eigenvalue weighted by atomic mass is 9.96. The van der Waals surface area contributed by atoms with Crippen LogP contribution >= 0.6 is 0 Å². The number of hydrogen-bond acceptors (Lipinski definition) is 4. The van der Waals surface area contributed by atoms with Crippen molar-refractivity contribution in [2.45, 2.75) is 58.5 Å². The average Bonchev–Trinajstić information content (AvgIpc) is 2.38. The molecular weight excluding hydrogens is 244 g/mol. The number of likely N-dealkylation sites (N-methyl/N-ethyl adjacent to an activating group) is 1. The first-order valence-corrected chi connectivity index (χ1v) is 7.16. The summed E-state index contributed by atoms with van der Waals surface area (Å²) in [5.74, 6) is -0.296. The maximum atomic E-state index is 12.6. The Kier molecular flexibility index (Phi) is 5.79. The summed E-state index contributed by atoms with van der Waals surface area (Å²) in [7, 11) is 0. The number of nitrogens with zero attached hydrogens (tertiary/aromatic N) is 1. The lowest BCUT2D eigenvalue weighted by Gasteiger charge is -2.39. The van der Waals surface area contributed by atoms with Gasteiger partial charge in [0.15, 0.2) is 0 Å². The van der Waals surface area contributed by atoms with Gasteiger partial charge in [0.05, 0.1) is 12.1 Å². The number of hydrogen-bond donors (Lipinski definition) is 1. The zero-order chi connectivity index (χ0) is 14.5. The number of piperidine rings is 1. The summed E-state index contributed by atoms with van der Waals surface area (Å²) in [5, 5.41) is 3.17. The van der Waals surface area contributed by atoms with Gasteiger partial charge in [0.25, 0.3) is 0 Å². The van der Waals surface area contributed by atoms with E-state index in [1.807, 2.05) is 20.8 Å². The third kappa shape index (κ3) is 3.93. The first-order valence-electron chi connectivity index (χ1n) is 7.16. The molecule has 1 rings (SSSR count). The van der Waals surface area contributed by atoms with Crippen molar-refractivity contribution in [1.82, 2.24) is 10.2 Å². The lowest BCUT2D eigenvalue weighted by Crippen LogP contribution is -2.59. The minimum atomic E-state index is -0.642. The third-order valence-corrected chi connectivity index (χ3v) is 3.48. The van der Waals surface area contributed by atoms with E-state index in [4.69, 9.17) is 4.74 Å². The first-order chi connectivity index (χ1) is 8.94. The largest absolute Gasteiger partial charge is 0.464 e. The molecule has 110 valence electrons. The van der Waals surface area contributed by atoms with Gasteiger partial charge >= 0.3 is 5.97 Å². The van der Waals surface area contributed by atoms with E-state index in [9.17, 15) is 9.59 Å². The molecule has 0 aliphatic carbocycles. The highest BCUT2D eigenvalue weighted by molar-refractivity contribution is 5.90. The molecule has 0 bridgehead atoms. The Morgan fingerprint density at radius 3 is 2.58 bits per heavy atom. The number of amides is 1. The Labute approximate surface area is 115 Å². The standard InChI is InChI=1S/C14H26N2O3/c1-5-15-14(3,4)13(18)16-10-8-7-9-11(16)12(17)19-6-2/h11,15H,5-10H2,1-4H3. The van der Waals surface area contributed by atoms with Crippen molar-refractivity contribution in [2.75, 3.05) is 19.7 Å². The molecule has 1 aliphatic heterocycles. The van der Waals surface area contributed by atoms with Crippen molar-refractivity contribution in [3.05, 3.63) is 0 Å². The van der Waals surface area contributed by atoms with Gasteiger partial charge in [0, 0.05) is 6.54 Å². The molecule has 0 aromatic rings. The fraction of sp³-hybridized carbons (Fsp3) is 0.857. The average molecular weight is 270 g/mol. The van der Waals surface area contributed by atoms with Gasteiger partial charge in [-0.3, -0.25) is 4.79 Å². The van der Waals surface area contributed by atoms with Crippen LogP contribution in [-0.4, -0.2) is 48.1 Å². The number of esters is 1. The van der Waals surface area contributed by atoms with Crippen LogP contribution in [0, 0.1) is 0 Å². The molecule has 1 N–H and O–H groups in total. The lowest BCUT2D eigenvalue weighted by molar-refractivity contribution is -0.158. The van der Waals surface area contributed by atoms with E-state index in [1.54, 1.807) is 11.8 Å². The summed E-state index contributed by atoms with van der Waals surface area (Å²) in [4.78, 5) is 26.2. The summed E-state index contributed by atoms with van der Waals surface area (Å²) in [5.41, 5.74) is -0.642. The number of ether oxygens (including phenoxy) is 1. The quantitative estimate of drug-likeness (QED) is 0.765. The Balaban J connectivity index is 2.82. The van der Waals surface area contributed by atoms with Crippen LogP contribution < -0.4 is 5.32 Å². The second kappa shape index (κ2) is 6.89. The highest BCUT2D eigenvalue weighted by Crippen LogP contribution is 2.21. The van der Waals surface area contributed by atoms with E-state index >= 15 is 0 Å². The van der Waals surface area contributed by atoms with Gasteiger partial charge in [0.2, 0.25) is 5.91 Å². The number of rotatable bonds is 5. The second-order valence-corrected chi connectivity index (χ2v) is 5.42. The van der Waals surface area contributed by atoms with Crippen LogP contribution in [0.2, 0.25) is 0 Å². The Morgan fingerprint density at radius 1 is 1.32 bits per heavy atom. The van der Waals surface area contributed by atoms with Crippen molar-refractivity contribution in [3.8, 4) is 0 Å². The van der Waals surface area contributed by atoms with Crippen molar-refractivity contribution in [2.24, 2.45) is 0 Å². The van der Waals surface area contributed by atoms with Gasteiger partial charge in [0.1, 0.15) is 6.04 Å². The molecule has 1 atom stereocenters. The SMILES string of the molecule is CCNC(C)(C)C(=O)N1CCCCC1C(=O)OCC. The van der Waals surface area contributed by atoms with Crippen molar-refractivity contribution < 1.29 is 14.3 Å². The number of carbonyl (C=O) groups is 2. The highest BCUT2D eigenvalue weighted by Gasteiger charge is 2.39. The second-order valence-electron chi connectivity index (χ2n) is 5.42. The molecule has 0 saturated carbocycles. The smallest absolute Gasteiger partial charge is 0.328 e. The van der Waals surface area contributed by atoms with E-state index in [0.29, 0.717) is 19.6 Å². The van der Waals surface area contributed by atoms with E-state index in [-0.39, 0.29) is 11.9 Å². The van der Waals surface area contributed by atoms with E-state index in [1.165, 1.54) is 0 Å². The molecule has 0 aromatic heterocycles. The maximum Gasteiger partial charge on any atom is 0.328 e. The van der Waals surface area contributed by atoms with Crippen LogP contribution in [0.15, 0.2) is 0 Å². The Hall–Kier alpha value is -1.10. The van der Waals surface area contributed by atoms with Crippen LogP contribution in [0.4, 0.5) is 0 Å². The fourth-order valence-corrected chi connectivity index (χ4v) is 2.53. The molecule has 5 heteroatoms. The molecule has 1 unspecified atom stereocenters. The van der Waals surface area contributed by atoms with Crippen LogP contribution in [0.3, 0.4) is 0 Å². The summed E-state index contributed by atoms with van der Waals surface area (Å²) < 4.78 is 5.08. The Bertz CT molecular complexity index is 329. The summed E-state index contributed by atoms with van der Waals surface area (Å²) >= 11 is 0. The van der Waals surface area contributed by atoms with Gasteiger partial charge in [-0.05, 0) is 46.6 Å². The molecule has 0 aromatic carbocycles. The van der Waals surface area contributed by atoms with E-state index in [2.05, 4.69) is 5.32 Å². The maximum absolute atomic E-state index is 12.6. The number of likely N-dealkylation sites (tertiary alicyclic amines) is 1. The summed E-state index contributed by atoms with van der Waals surface area (Å²) in [6.07, 6.45) is 2.62. The molecule has 0 spiro atoms. The highest BCUT2D eigenvalue weighted by atomic mass is 16.5. The van der Waals surface area contributed by atoms with Gasteiger partial charge in [-0.1, -0.05) is 6.92 Å². The van der Waals surface area contributed by atoms with E-state index < -0.39 is 11.6 Å². The van der Waals surface area contributed by atoms with Crippen molar-refractivity contribution >= 4 is 11.9 Å². The van der Waals surface area contributed by atoms with Gasteiger partial charge in [-0.15, -0.1) is 0 Å². The fourth-order valence-electron chi connectivity index (χ4n) is 2.53. The zero-order valence-electron chi connectivity index (χ0n) is 12.5. The van der Waals surface area contributed by atoms with Crippen LogP contribution in [0.1, 0.15) is 47.0 Å². The minimum absolute atomic E-state index is 0.0212. The van der Waals surface area contributed by atoms with Gasteiger partial charge in [-0.2, -0.15) is 0 Å². The molecule has 5 nitrogen and oxygen atoms in total. The molecule has 1 heterocycles. The van der Waals surface area contributed by atoms with Gasteiger partial charge in [-0.25, -0.2) is 4.79 Å². The Morgan fingerprint density at radius 2 is 2.00 bits per heavy atom. The molecule has 1 fully saturated rings. The molecule has 1 amide bonds. The minimum Gasteiger partial charge on any atom is -0.464 e. The predicted octanol–water partition coefficient (Wildman–Crippen LogP) is 1.32. The molecule has 1 aliphatic rings. The van der Waals surface area contributed by atoms with Crippen molar-refractivity contribution in [1.29, 1.82) is 0 Å². The normalized spacial score (nSPS) is 20.2. The van der Waals surface area contributed by atoms with Crippen LogP contribution in [0.5, 0.6) is 0 Å². The number of carbonyl (C=O) groups excluding carboxylic acids is 2. The van der Waals surface area contributed by atoms with Crippen molar-refractivity contribution in [3.63, 3.8) is 0 Å². The summed E-state index contributed by atoms with van der Waals surface area (Å²) in [6, 6.07) is -0.417. The molecule has 1 saturated heterocycles.